The van der Waals surface area contributed by atoms with Crippen molar-refractivity contribution >= 4 is 40.9 Å². The van der Waals surface area contributed by atoms with Crippen LogP contribution < -0.4 is 16.4 Å². The zero-order valence-electron chi connectivity index (χ0n) is 18.6. The van der Waals surface area contributed by atoms with Gasteiger partial charge in [-0.1, -0.05) is 41.9 Å². The first-order valence-electron chi connectivity index (χ1n) is 10.8. The van der Waals surface area contributed by atoms with E-state index in [1.807, 2.05) is 18.2 Å². The summed E-state index contributed by atoms with van der Waals surface area (Å²) in [6, 6.07) is 22.5. The molecular weight excluding hydrogens is 480 g/mol. The van der Waals surface area contributed by atoms with Gasteiger partial charge in [0.15, 0.2) is 5.69 Å². The quantitative estimate of drug-likeness (QED) is 0.273. The number of hydrogen-bond acceptors (Lipinski definition) is 6. The Bertz CT molecular complexity index is 1550. The molecule has 11 heteroatoms. The van der Waals surface area contributed by atoms with Gasteiger partial charge < -0.3 is 16.4 Å². The first kappa shape index (κ1) is 22.8. The van der Waals surface area contributed by atoms with E-state index in [-0.39, 0.29) is 22.1 Å². The molecule has 0 unspecified atom stereocenters. The van der Waals surface area contributed by atoms with Crippen LogP contribution >= 0.6 is 11.6 Å². The predicted octanol–water partition coefficient (Wildman–Crippen LogP) is 4.40. The maximum absolute atomic E-state index is 13.3. The van der Waals surface area contributed by atoms with Gasteiger partial charge in [0.25, 0.3) is 11.8 Å². The number of aromatic amines is 1. The molecule has 0 bridgehead atoms. The number of carbonyl (C=O) groups is 2. The topological polar surface area (TPSA) is 144 Å². The maximum atomic E-state index is 13.3. The summed E-state index contributed by atoms with van der Waals surface area (Å²) < 4.78 is 1.47. The number of para-hydroxylation sites is 1. The van der Waals surface area contributed by atoms with E-state index in [0.717, 1.165) is 0 Å². The summed E-state index contributed by atoms with van der Waals surface area (Å²) in [6.45, 7) is 0. The highest BCUT2D eigenvalue weighted by Crippen LogP contribution is 2.26. The van der Waals surface area contributed by atoms with Crippen LogP contribution in [-0.2, 0) is 0 Å². The Morgan fingerprint density at radius 2 is 1.75 bits per heavy atom. The monoisotopic (exact) mass is 498 g/mol. The maximum Gasteiger partial charge on any atom is 0.277 e. The summed E-state index contributed by atoms with van der Waals surface area (Å²) in [7, 11) is 0. The van der Waals surface area contributed by atoms with Gasteiger partial charge in [0.05, 0.1) is 28.2 Å². The van der Waals surface area contributed by atoms with Crippen LogP contribution in [0.3, 0.4) is 0 Å². The molecular formula is C25H19ClN8O2. The Kier molecular flexibility index (Phi) is 6.16. The fraction of sp³-hybridized carbons (Fsp3) is 0. The highest BCUT2D eigenvalue weighted by molar-refractivity contribution is 6.34. The van der Waals surface area contributed by atoms with Gasteiger partial charge in [-0.05, 0) is 36.4 Å². The van der Waals surface area contributed by atoms with Crippen LogP contribution in [0.25, 0.3) is 16.9 Å². The minimum absolute atomic E-state index is 0.0903. The van der Waals surface area contributed by atoms with Crippen molar-refractivity contribution in [2.45, 2.75) is 0 Å². The van der Waals surface area contributed by atoms with Crippen LogP contribution in [0, 0.1) is 0 Å². The van der Waals surface area contributed by atoms with Crippen LogP contribution in [0.2, 0.25) is 5.02 Å². The minimum atomic E-state index is -0.483. The Morgan fingerprint density at radius 1 is 0.917 bits per heavy atom. The average Bonchev–Trinajstić information content (AvgIpc) is 3.55. The molecule has 0 fully saturated rings. The summed E-state index contributed by atoms with van der Waals surface area (Å²) in [4.78, 5) is 30.4. The van der Waals surface area contributed by atoms with Crippen molar-refractivity contribution in [2.24, 2.45) is 0 Å². The van der Waals surface area contributed by atoms with Crippen molar-refractivity contribution in [3.05, 3.63) is 101 Å². The van der Waals surface area contributed by atoms with Crippen LogP contribution in [0.15, 0.2) is 85.1 Å². The van der Waals surface area contributed by atoms with Gasteiger partial charge in [-0.25, -0.2) is 9.67 Å². The lowest BCUT2D eigenvalue weighted by Gasteiger charge is -2.11. The molecule has 5 N–H and O–H groups in total. The predicted molar refractivity (Wildman–Crippen MR) is 137 cm³/mol. The molecule has 3 heterocycles. The molecule has 0 radical (unpaired) electrons. The average molecular weight is 499 g/mol. The van der Waals surface area contributed by atoms with E-state index in [4.69, 9.17) is 17.3 Å². The molecule has 0 aliphatic heterocycles. The van der Waals surface area contributed by atoms with Crippen molar-refractivity contribution in [1.82, 2.24) is 25.0 Å². The highest BCUT2D eigenvalue weighted by Gasteiger charge is 2.20. The third kappa shape index (κ3) is 4.79. The van der Waals surface area contributed by atoms with Crippen LogP contribution in [0.1, 0.15) is 20.8 Å². The van der Waals surface area contributed by atoms with Gasteiger partial charge in [-0.3, -0.25) is 14.7 Å². The fourth-order valence-electron chi connectivity index (χ4n) is 3.51. The Hall–Kier alpha value is -4.96. The number of benzene rings is 2. The number of carbonyl (C=O) groups excluding carboxylic acids is 2. The molecule has 0 saturated heterocycles. The van der Waals surface area contributed by atoms with Crippen molar-refractivity contribution in [3.8, 4) is 16.9 Å². The SMILES string of the molecule is Nc1cccc(-c2ccc(Cl)c(C(=O)Nc3cc(C(=O)Nc4ccn[nH]4)nn3-c3ccccc3)c2)n1. The molecule has 36 heavy (non-hydrogen) atoms. The number of halogens is 1. The summed E-state index contributed by atoms with van der Waals surface area (Å²) in [5.41, 5.74) is 8.05. The number of nitrogens with one attached hydrogen (secondary N) is 3. The first-order valence-corrected chi connectivity index (χ1v) is 11.2. The summed E-state index contributed by atoms with van der Waals surface area (Å²) in [5, 5.41) is 16.6. The van der Waals surface area contributed by atoms with E-state index in [1.54, 1.807) is 54.6 Å². The van der Waals surface area contributed by atoms with Crippen molar-refractivity contribution in [2.75, 3.05) is 16.4 Å². The van der Waals surface area contributed by atoms with Crippen LogP contribution in [0.5, 0.6) is 0 Å². The zero-order valence-corrected chi connectivity index (χ0v) is 19.4. The van der Waals surface area contributed by atoms with E-state index in [9.17, 15) is 9.59 Å². The zero-order chi connectivity index (χ0) is 25.1. The Balaban J connectivity index is 1.48. The van der Waals surface area contributed by atoms with E-state index < -0.39 is 11.8 Å². The molecule has 5 rings (SSSR count). The van der Waals surface area contributed by atoms with Gasteiger partial charge in [0.1, 0.15) is 17.5 Å². The Morgan fingerprint density at radius 3 is 2.50 bits per heavy atom. The Labute approximate surface area is 210 Å². The number of pyridine rings is 1. The first-order chi connectivity index (χ1) is 17.5. The van der Waals surface area contributed by atoms with E-state index in [2.05, 4.69) is 30.9 Å². The third-order valence-electron chi connectivity index (χ3n) is 5.21. The summed E-state index contributed by atoms with van der Waals surface area (Å²) in [5.74, 6) is 0.102. The van der Waals surface area contributed by atoms with E-state index in [0.29, 0.717) is 28.6 Å². The molecule has 0 atom stereocenters. The number of aromatic nitrogens is 5. The third-order valence-corrected chi connectivity index (χ3v) is 5.54. The van der Waals surface area contributed by atoms with Gasteiger partial charge >= 0.3 is 0 Å². The van der Waals surface area contributed by atoms with Crippen molar-refractivity contribution < 1.29 is 9.59 Å². The number of H-pyrrole nitrogens is 1. The molecule has 5 aromatic rings. The van der Waals surface area contributed by atoms with E-state index in [1.165, 1.54) is 16.9 Å². The standard InChI is InChI=1S/C25H19ClN8O2/c26-18-10-9-15(19-7-4-8-21(27)29-19)13-17(18)24(35)31-23-14-20(25(36)30-22-11-12-28-32-22)33-34(23)16-5-2-1-3-6-16/h1-14H,(H2,27,29)(H,31,35)(H2,28,30,32,36). The number of rotatable bonds is 6. The minimum Gasteiger partial charge on any atom is -0.384 e. The molecule has 0 spiro atoms. The second-order valence-electron chi connectivity index (χ2n) is 7.68. The number of nitrogen functional groups attached to an aromatic ring is 1. The number of anilines is 3. The normalized spacial score (nSPS) is 10.7. The molecule has 0 aliphatic rings. The van der Waals surface area contributed by atoms with Gasteiger partial charge in [0.2, 0.25) is 0 Å². The molecule has 3 aromatic heterocycles. The largest absolute Gasteiger partial charge is 0.384 e. The van der Waals surface area contributed by atoms with Crippen molar-refractivity contribution in [1.29, 1.82) is 0 Å². The lowest BCUT2D eigenvalue weighted by atomic mass is 10.1. The summed E-state index contributed by atoms with van der Waals surface area (Å²) >= 11 is 6.37. The van der Waals surface area contributed by atoms with E-state index >= 15 is 0 Å². The molecule has 0 saturated carbocycles. The smallest absolute Gasteiger partial charge is 0.277 e. The molecule has 2 amide bonds. The van der Waals surface area contributed by atoms with Crippen LogP contribution in [-0.4, -0.2) is 36.8 Å². The van der Waals surface area contributed by atoms with Gasteiger partial charge in [-0.2, -0.15) is 10.2 Å². The molecule has 0 aliphatic carbocycles. The number of amides is 2. The fourth-order valence-corrected chi connectivity index (χ4v) is 3.72. The van der Waals surface area contributed by atoms with Crippen LogP contribution in [0.4, 0.5) is 17.5 Å². The second-order valence-corrected chi connectivity index (χ2v) is 8.09. The second kappa shape index (κ2) is 9.72. The highest BCUT2D eigenvalue weighted by atomic mass is 35.5. The summed E-state index contributed by atoms with van der Waals surface area (Å²) in [6.07, 6.45) is 1.51. The lowest BCUT2D eigenvalue weighted by Crippen LogP contribution is -2.16. The molecule has 178 valence electrons. The number of hydrogen-bond donors (Lipinski definition) is 4. The van der Waals surface area contributed by atoms with Gasteiger partial charge in [-0.15, -0.1) is 0 Å². The van der Waals surface area contributed by atoms with Gasteiger partial charge in [0, 0.05) is 17.7 Å². The molecule has 10 nitrogen and oxygen atoms in total. The number of nitrogens with zero attached hydrogens (tertiary/aromatic N) is 4. The van der Waals surface area contributed by atoms with Crippen molar-refractivity contribution in [3.63, 3.8) is 0 Å². The molecule has 2 aromatic carbocycles. The number of nitrogens with two attached hydrogens (primary N) is 1. The lowest BCUT2D eigenvalue weighted by molar-refractivity contribution is 0.101.